The summed E-state index contributed by atoms with van der Waals surface area (Å²) in [5.74, 6) is -1.09. The minimum absolute atomic E-state index is 0.155. The third-order valence-corrected chi connectivity index (χ3v) is 4.56. The summed E-state index contributed by atoms with van der Waals surface area (Å²) in [7, 11) is 3.96. The van der Waals surface area contributed by atoms with E-state index in [9.17, 15) is 9.59 Å². The van der Waals surface area contributed by atoms with Gasteiger partial charge in [0, 0.05) is 31.2 Å². The zero-order valence-electron chi connectivity index (χ0n) is 15.2. The predicted octanol–water partition coefficient (Wildman–Crippen LogP) is 3.49. The summed E-state index contributed by atoms with van der Waals surface area (Å²) in [6.07, 6.45) is 0.570. The molecule has 2 rings (SSSR count). The second kappa shape index (κ2) is 8.76. The van der Waals surface area contributed by atoms with Crippen molar-refractivity contribution in [3.05, 3.63) is 59.2 Å². The number of aromatic carboxylic acids is 1. The van der Waals surface area contributed by atoms with Gasteiger partial charge in [-0.3, -0.25) is 4.79 Å². The molecule has 0 saturated carbocycles. The molecule has 6 heteroatoms. The van der Waals surface area contributed by atoms with Gasteiger partial charge in [-0.2, -0.15) is 12.6 Å². The van der Waals surface area contributed by atoms with Crippen LogP contribution in [0.4, 0.5) is 11.4 Å². The standard InChI is InChI=1S/C20H24N2O3S/c1-13-8-15(20(24)25)11-17(9-13)21-19(23)16(12-26)10-14-4-6-18(7-5-14)22(2)3/h4-9,11,16,26H,10,12H2,1-3H3,(H,21,23)(H,24,25). The second-order valence-electron chi connectivity index (χ2n) is 6.53. The molecule has 0 bridgehead atoms. The maximum absolute atomic E-state index is 12.6. The molecule has 0 aliphatic carbocycles. The quantitative estimate of drug-likeness (QED) is 0.651. The number of carbonyl (C=O) groups is 2. The Morgan fingerprint density at radius 1 is 1.15 bits per heavy atom. The van der Waals surface area contributed by atoms with Gasteiger partial charge in [-0.25, -0.2) is 4.79 Å². The number of amides is 1. The van der Waals surface area contributed by atoms with Crippen molar-refractivity contribution >= 4 is 35.9 Å². The third-order valence-electron chi connectivity index (χ3n) is 4.12. The maximum Gasteiger partial charge on any atom is 0.335 e. The van der Waals surface area contributed by atoms with E-state index in [4.69, 9.17) is 5.11 Å². The molecule has 0 spiro atoms. The van der Waals surface area contributed by atoms with E-state index in [0.717, 1.165) is 16.8 Å². The number of anilines is 2. The van der Waals surface area contributed by atoms with E-state index >= 15 is 0 Å². The lowest BCUT2D eigenvalue weighted by molar-refractivity contribution is -0.119. The summed E-state index contributed by atoms with van der Waals surface area (Å²) in [5.41, 5.74) is 3.58. The number of nitrogens with zero attached hydrogens (tertiary/aromatic N) is 1. The molecule has 2 N–H and O–H groups in total. The highest BCUT2D eigenvalue weighted by atomic mass is 32.1. The Morgan fingerprint density at radius 2 is 1.81 bits per heavy atom. The Morgan fingerprint density at radius 3 is 2.35 bits per heavy atom. The highest BCUT2D eigenvalue weighted by Crippen LogP contribution is 2.19. The molecule has 0 aromatic heterocycles. The lowest BCUT2D eigenvalue weighted by atomic mass is 9.99. The Labute approximate surface area is 159 Å². The van der Waals surface area contributed by atoms with Crippen LogP contribution in [0.25, 0.3) is 0 Å². The van der Waals surface area contributed by atoms with Gasteiger partial charge in [0.1, 0.15) is 0 Å². The van der Waals surface area contributed by atoms with Crippen LogP contribution in [0.2, 0.25) is 0 Å². The lowest BCUT2D eigenvalue weighted by Crippen LogP contribution is -2.26. The fourth-order valence-corrected chi connectivity index (χ4v) is 2.97. The summed E-state index contributed by atoms with van der Waals surface area (Å²) >= 11 is 4.31. The number of nitrogens with one attached hydrogen (secondary N) is 1. The van der Waals surface area contributed by atoms with Crippen molar-refractivity contribution in [1.29, 1.82) is 0 Å². The average molecular weight is 372 g/mol. The van der Waals surface area contributed by atoms with E-state index in [1.807, 2.05) is 43.3 Å². The molecule has 0 aliphatic heterocycles. The zero-order valence-corrected chi connectivity index (χ0v) is 16.1. The van der Waals surface area contributed by atoms with Crippen molar-refractivity contribution in [2.45, 2.75) is 13.3 Å². The normalized spacial score (nSPS) is 11.7. The number of carboxylic acids is 1. The van der Waals surface area contributed by atoms with Crippen LogP contribution in [-0.4, -0.2) is 36.8 Å². The molecule has 2 aromatic rings. The largest absolute Gasteiger partial charge is 0.478 e. The number of aryl methyl sites for hydroxylation is 1. The molecule has 5 nitrogen and oxygen atoms in total. The summed E-state index contributed by atoms with van der Waals surface area (Å²) in [5, 5.41) is 12.0. The van der Waals surface area contributed by atoms with Gasteiger partial charge in [0.15, 0.2) is 0 Å². The number of thiol groups is 1. The number of hydrogen-bond acceptors (Lipinski definition) is 4. The Balaban J connectivity index is 2.10. The molecule has 0 radical (unpaired) electrons. The first-order valence-electron chi connectivity index (χ1n) is 8.33. The maximum atomic E-state index is 12.6. The van der Waals surface area contributed by atoms with E-state index in [1.165, 1.54) is 6.07 Å². The van der Waals surface area contributed by atoms with Gasteiger partial charge in [-0.1, -0.05) is 12.1 Å². The molecule has 26 heavy (non-hydrogen) atoms. The van der Waals surface area contributed by atoms with Crippen LogP contribution in [0.1, 0.15) is 21.5 Å². The van der Waals surface area contributed by atoms with E-state index < -0.39 is 5.97 Å². The summed E-state index contributed by atoms with van der Waals surface area (Å²) in [6, 6.07) is 12.8. The van der Waals surface area contributed by atoms with Gasteiger partial charge < -0.3 is 15.3 Å². The van der Waals surface area contributed by atoms with Crippen molar-refractivity contribution in [2.75, 3.05) is 30.1 Å². The van der Waals surface area contributed by atoms with E-state index in [1.54, 1.807) is 19.1 Å². The lowest BCUT2D eigenvalue weighted by Gasteiger charge is -2.17. The van der Waals surface area contributed by atoms with Crippen molar-refractivity contribution in [2.24, 2.45) is 5.92 Å². The topological polar surface area (TPSA) is 69.6 Å². The third kappa shape index (κ3) is 5.26. The van der Waals surface area contributed by atoms with Crippen LogP contribution in [0, 0.1) is 12.8 Å². The first-order chi connectivity index (χ1) is 12.3. The van der Waals surface area contributed by atoms with E-state index in [0.29, 0.717) is 17.9 Å². The molecule has 0 aliphatic rings. The number of carboxylic acid groups (broad SMARTS) is 1. The molecular formula is C20H24N2O3S. The van der Waals surface area contributed by atoms with Crippen LogP contribution < -0.4 is 10.2 Å². The second-order valence-corrected chi connectivity index (χ2v) is 6.89. The molecule has 0 heterocycles. The number of rotatable bonds is 7. The average Bonchev–Trinajstić information content (AvgIpc) is 2.59. The highest BCUT2D eigenvalue weighted by Gasteiger charge is 2.18. The first-order valence-corrected chi connectivity index (χ1v) is 8.96. The van der Waals surface area contributed by atoms with Gasteiger partial charge in [-0.15, -0.1) is 0 Å². The fraction of sp³-hybridized carbons (Fsp3) is 0.300. The number of hydrogen-bond donors (Lipinski definition) is 3. The highest BCUT2D eigenvalue weighted by molar-refractivity contribution is 7.80. The molecule has 1 atom stereocenters. The predicted molar refractivity (Wildman–Crippen MR) is 109 cm³/mol. The SMILES string of the molecule is Cc1cc(NC(=O)C(CS)Cc2ccc(N(C)C)cc2)cc(C(=O)O)c1. The molecule has 0 saturated heterocycles. The Hall–Kier alpha value is -2.47. The fourth-order valence-electron chi connectivity index (χ4n) is 2.68. The van der Waals surface area contributed by atoms with E-state index in [2.05, 4.69) is 17.9 Å². The minimum Gasteiger partial charge on any atom is -0.478 e. The number of carbonyl (C=O) groups excluding carboxylic acids is 1. The molecule has 0 fully saturated rings. The number of benzene rings is 2. The minimum atomic E-state index is -1.02. The van der Waals surface area contributed by atoms with Crippen LogP contribution >= 0.6 is 12.6 Å². The van der Waals surface area contributed by atoms with Gasteiger partial charge in [0.25, 0.3) is 0 Å². The van der Waals surface area contributed by atoms with Crippen molar-refractivity contribution in [3.63, 3.8) is 0 Å². The molecule has 2 aromatic carbocycles. The van der Waals surface area contributed by atoms with Gasteiger partial charge in [0.2, 0.25) is 5.91 Å². The molecule has 1 amide bonds. The van der Waals surface area contributed by atoms with Gasteiger partial charge in [-0.05, 0) is 54.8 Å². The molecular weight excluding hydrogens is 348 g/mol. The van der Waals surface area contributed by atoms with Crippen LogP contribution in [0.5, 0.6) is 0 Å². The smallest absolute Gasteiger partial charge is 0.335 e. The molecule has 138 valence electrons. The van der Waals surface area contributed by atoms with Crippen molar-refractivity contribution in [1.82, 2.24) is 0 Å². The van der Waals surface area contributed by atoms with E-state index in [-0.39, 0.29) is 17.4 Å². The van der Waals surface area contributed by atoms with Crippen LogP contribution in [0.3, 0.4) is 0 Å². The van der Waals surface area contributed by atoms with Crippen LogP contribution in [-0.2, 0) is 11.2 Å². The summed E-state index contributed by atoms with van der Waals surface area (Å²) < 4.78 is 0. The Kier molecular flexibility index (Phi) is 6.69. The first kappa shape index (κ1) is 19.8. The van der Waals surface area contributed by atoms with Crippen molar-refractivity contribution in [3.8, 4) is 0 Å². The molecule has 1 unspecified atom stereocenters. The summed E-state index contributed by atoms with van der Waals surface area (Å²) in [4.78, 5) is 25.8. The Bertz CT molecular complexity index is 788. The van der Waals surface area contributed by atoms with Crippen LogP contribution in [0.15, 0.2) is 42.5 Å². The van der Waals surface area contributed by atoms with Gasteiger partial charge >= 0.3 is 5.97 Å². The summed E-state index contributed by atoms with van der Waals surface area (Å²) in [6.45, 7) is 1.80. The monoisotopic (exact) mass is 372 g/mol. The van der Waals surface area contributed by atoms with Crippen molar-refractivity contribution < 1.29 is 14.7 Å². The zero-order chi connectivity index (χ0) is 19.3. The van der Waals surface area contributed by atoms with Gasteiger partial charge in [0.05, 0.1) is 11.5 Å².